The molecule has 0 amide bonds. The predicted molar refractivity (Wildman–Crippen MR) is 79.7 cm³/mol. The van der Waals surface area contributed by atoms with Gasteiger partial charge in [-0.1, -0.05) is 37.2 Å². The van der Waals surface area contributed by atoms with Crippen LogP contribution < -0.4 is 5.56 Å². The number of oxime groups is 1. The first-order valence-corrected chi connectivity index (χ1v) is 6.54. The highest BCUT2D eigenvalue weighted by Crippen LogP contribution is 2.17. The molecule has 0 aliphatic rings. The molecule has 0 radical (unpaired) electrons. The number of aromatic nitrogens is 2. The Bertz CT molecular complexity index is 666. The molecular formula is C15H19N3O2. The number of para-hydroxylation sites is 1. The summed E-state index contributed by atoms with van der Waals surface area (Å²) in [5, 5.41) is 7.06. The van der Waals surface area contributed by atoms with Crippen molar-refractivity contribution >= 4 is 5.71 Å². The van der Waals surface area contributed by atoms with Crippen molar-refractivity contribution in [1.82, 2.24) is 9.78 Å². The molecule has 5 heteroatoms. The Balaban J connectivity index is 2.66. The zero-order valence-corrected chi connectivity index (χ0v) is 12.2. The minimum absolute atomic E-state index is 0.113. The summed E-state index contributed by atoms with van der Waals surface area (Å²) >= 11 is 0. The monoisotopic (exact) mass is 273 g/mol. The van der Waals surface area contributed by atoms with E-state index in [1.54, 1.807) is 11.6 Å². The van der Waals surface area contributed by atoms with E-state index in [0.29, 0.717) is 11.3 Å². The molecule has 5 nitrogen and oxygen atoms in total. The molecule has 0 aliphatic heterocycles. The van der Waals surface area contributed by atoms with E-state index in [1.807, 2.05) is 44.2 Å². The summed E-state index contributed by atoms with van der Waals surface area (Å²) in [7, 11) is 1.47. The molecule has 0 aliphatic carbocycles. The third kappa shape index (κ3) is 2.52. The molecule has 1 N–H and O–H groups in total. The van der Waals surface area contributed by atoms with Crippen LogP contribution in [0.5, 0.6) is 0 Å². The van der Waals surface area contributed by atoms with Gasteiger partial charge in [0.25, 0.3) is 5.56 Å². The summed E-state index contributed by atoms with van der Waals surface area (Å²) in [6, 6.07) is 9.48. The number of aromatic amines is 1. The van der Waals surface area contributed by atoms with Crippen LogP contribution in [0.4, 0.5) is 0 Å². The number of hydrogen-bond acceptors (Lipinski definition) is 3. The third-order valence-electron chi connectivity index (χ3n) is 3.10. The Hall–Kier alpha value is -2.30. The van der Waals surface area contributed by atoms with E-state index < -0.39 is 0 Å². The van der Waals surface area contributed by atoms with Crippen LogP contribution >= 0.6 is 0 Å². The standard InChI is InChI=1S/C15H19N3O2/c1-10(2)14-13(11(3)17-20-4)15(19)18(16-14)12-8-6-5-7-9-12/h5-10,16H,1-4H3/b17-11+. The average molecular weight is 273 g/mol. The van der Waals surface area contributed by atoms with Crippen LogP contribution in [0.15, 0.2) is 40.3 Å². The molecule has 106 valence electrons. The summed E-state index contributed by atoms with van der Waals surface area (Å²) in [5.74, 6) is 0.185. The van der Waals surface area contributed by atoms with Gasteiger partial charge in [0, 0.05) is 5.69 Å². The Kier molecular flexibility index (Phi) is 4.08. The average Bonchev–Trinajstić information content (AvgIpc) is 2.78. The third-order valence-corrected chi connectivity index (χ3v) is 3.10. The summed E-state index contributed by atoms with van der Waals surface area (Å²) < 4.78 is 1.54. The Morgan fingerprint density at radius 3 is 2.50 bits per heavy atom. The van der Waals surface area contributed by atoms with Crippen molar-refractivity contribution in [3.05, 3.63) is 51.9 Å². The van der Waals surface area contributed by atoms with Gasteiger partial charge in [-0.3, -0.25) is 9.89 Å². The van der Waals surface area contributed by atoms with Crippen molar-refractivity contribution in [3.63, 3.8) is 0 Å². The molecule has 2 rings (SSSR count). The van der Waals surface area contributed by atoms with Crippen LogP contribution in [0.25, 0.3) is 5.69 Å². The van der Waals surface area contributed by atoms with Gasteiger partial charge in [0.05, 0.1) is 17.0 Å². The molecule has 1 aromatic carbocycles. The van der Waals surface area contributed by atoms with Gasteiger partial charge in [-0.2, -0.15) is 0 Å². The van der Waals surface area contributed by atoms with Crippen molar-refractivity contribution in [2.24, 2.45) is 5.16 Å². The van der Waals surface area contributed by atoms with Gasteiger partial charge >= 0.3 is 0 Å². The molecular weight excluding hydrogens is 254 g/mol. The highest BCUT2D eigenvalue weighted by Gasteiger charge is 2.20. The molecule has 0 bridgehead atoms. The lowest BCUT2D eigenvalue weighted by molar-refractivity contribution is 0.213. The molecule has 0 saturated carbocycles. The van der Waals surface area contributed by atoms with Crippen LogP contribution in [0.3, 0.4) is 0 Å². The number of hydrogen-bond donors (Lipinski definition) is 1. The van der Waals surface area contributed by atoms with Crippen molar-refractivity contribution in [3.8, 4) is 5.69 Å². The number of rotatable bonds is 4. The van der Waals surface area contributed by atoms with Crippen molar-refractivity contribution in [1.29, 1.82) is 0 Å². The smallest absolute Gasteiger partial charge is 0.280 e. The fourth-order valence-corrected chi connectivity index (χ4v) is 2.16. The lowest BCUT2D eigenvalue weighted by atomic mass is 10.0. The number of nitrogens with one attached hydrogen (secondary N) is 1. The van der Waals surface area contributed by atoms with Crippen LogP contribution in [-0.4, -0.2) is 22.6 Å². The maximum atomic E-state index is 12.6. The number of H-pyrrole nitrogens is 1. The minimum Gasteiger partial charge on any atom is -0.399 e. The second kappa shape index (κ2) is 5.77. The molecule has 0 atom stereocenters. The quantitative estimate of drug-likeness (QED) is 0.687. The van der Waals surface area contributed by atoms with Gasteiger partial charge in [-0.15, -0.1) is 0 Å². The molecule has 0 saturated heterocycles. The predicted octanol–water partition coefficient (Wildman–Crippen LogP) is 2.66. The van der Waals surface area contributed by atoms with E-state index in [2.05, 4.69) is 10.3 Å². The lowest BCUT2D eigenvalue weighted by Gasteiger charge is -2.04. The summed E-state index contributed by atoms with van der Waals surface area (Å²) in [5.41, 5.74) is 2.70. The second-order valence-corrected chi connectivity index (χ2v) is 4.89. The summed E-state index contributed by atoms with van der Waals surface area (Å²) in [6.07, 6.45) is 0. The Labute approximate surface area is 117 Å². The fraction of sp³-hybridized carbons (Fsp3) is 0.333. The lowest BCUT2D eigenvalue weighted by Crippen LogP contribution is -2.19. The van der Waals surface area contributed by atoms with Crippen LogP contribution in [0, 0.1) is 0 Å². The van der Waals surface area contributed by atoms with Gasteiger partial charge < -0.3 is 4.84 Å². The number of nitrogens with zero attached hydrogens (tertiary/aromatic N) is 2. The largest absolute Gasteiger partial charge is 0.399 e. The zero-order valence-electron chi connectivity index (χ0n) is 12.2. The van der Waals surface area contributed by atoms with Crippen molar-refractivity contribution in [2.45, 2.75) is 26.7 Å². The Morgan fingerprint density at radius 1 is 1.30 bits per heavy atom. The van der Waals surface area contributed by atoms with E-state index >= 15 is 0 Å². The van der Waals surface area contributed by atoms with Gasteiger partial charge in [-0.25, -0.2) is 4.68 Å². The van der Waals surface area contributed by atoms with Crippen LogP contribution in [0.2, 0.25) is 0 Å². The SMILES string of the molecule is CO/N=C(\C)c1c(C(C)C)[nH]n(-c2ccccc2)c1=O. The van der Waals surface area contributed by atoms with Crippen LogP contribution in [0.1, 0.15) is 37.9 Å². The van der Waals surface area contributed by atoms with Crippen molar-refractivity contribution in [2.75, 3.05) is 7.11 Å². The number of benzene rings is 1. The first-order chi connectivity index (χ1) is 9.56. The second-order valence-electron chi connectivity index (χ2n) is 4.89. The molecule has 0 unspecified atom stereocenters. The topological polar surface area (TPSA) is 59.4 Å². The molecule has 0 spiro atoms. The minimum atomic E-state index is -0.113. The summed E-state index contributed by atoms with van der Waals surface area (Å²) in [4.78, 5) is 17.4. The highest BCUT2D eigenvalue weighted by molar-refractivity contribution is 5.99. The zero-order chi connectivity index (χ0) is 14.7. The maximum absolute atomic E-state index is 12.6. The molecule has 2 aromatic rings. The molecule has 1 aromatic heterocycles. The van der Waals surface area contributed by atoms with Gasteiger partial charge in [0.15, 0.2) is 0 Å². The van der Waals surface area contributed by atoms with Gasteiger partial charge in [0.2, 0.25) is 0 Å². The first kappa shape index (κ1) is 14.1. The van der Waals surface area contributed by atoms with E-state index in [4.69, 9.17) is 4.84 Å². The first-order valence-electron chi connectivity index (χ1n) is 6.54. The highest BCUT2D eigenvalue weighted by atomic mass is 16.6. The molecule has 0 fully saturated rings. The molecule has 1 heterocycles. The normalized spacial score (nSPS) is 11.9. The fourth-order valence-electron chi connectivity index (χ4n) is 2.16. The van der Waals surface area contributed by atoms with Crippen molar-refractivity contribution < 1.29 is 4.84 Å². The Morgan fingerprint density at radius 2 is 1.95 bits per heavy atom. The van der Waals surface area contributed by atoms with E-state index in [9.17, 15) is 4.79 Å². The van der Waals surface area contributed by atoms with E-state index in [1.165, 1.54) is 7.11 Å². The maximum Gasteiger partial charge on any atom is 0.280 e. The van der Waals surface area contributed by atoms with Crippen LogP contribution in [-0.2, 0) is 4.84 Å². The van der Waals surface area contributed by atoms with Gasteiger partial charge in [-0.05, 0) is 25.0 Å². The molecule has 20 heavy (non-hydrogen) atoms. The van der Waals surface area contributed by atoms with Gasteiger partial charge in [0.1, 0.15) is 7.11 Å². The summed E-state index contributed by atoms with van der Waals surface area (Å²) in [6.45, 7) is 5.84. The van der Waals surface area contributed by atoms with E-state index in [0.717, 1.165) is 11.4 Å². The van der Waals surface area contributed by atoms with E-state index in [-0.39, 0.29) is 11.5 Å².